The Morgan fingerprint density at radius 1 is 1.10 bits per heavy atom. The molecule has 3 rings (SSSR count). The lowest BCUT2D eigenvalue weighted by atomic mass is 10.2. The standard InChI is InChI=1S/C16H15N3S/c1-11-15(12-6-5-9-17-10-12)19-16(18-11)13-7-3-4-8-14(13)20-2/h3-10H,1-2H3,(H,18,19). The van der Waals surface area contributed by atoms with Crippen LogP contribution < -0.4 is 0 Å². The highest BCUT2D eigenvalue weighted by Gasteiger charge is 2.12. The summed E-state index contributed by atoms with van der Waals surface area (Å²) < 4.78 is 0. The largest absolute Gasteiger partial charge is 0.342 e. The third-order valence-corrected chi connectivity index (χ3v) is 3.98. The van der Waals surface area contributed by atoms with Crippen molar-refractivity contribution >= 4 is 11.8 Å². The summed E-state index contributed by atoms with van der Waals surface area (Å²) in [6.45, 7) is 2.04. The third kappa shape index (κ3) is 2.34. The Hall–Kier alpha value is -2.07. The molecule has 0 aliphatic rings. The molecule has 0 spiro atoms. The van der Waals surface area contributed by atoms with E-state index >= 15 is 0 Å². The zero-order valence-electron chi connectivity index (χ0n) is 11.4. The fraction of sp³-hybridized carbons (Fsp3) is 0.125. The molecule has 0 unspecified atom stereocenters. The number of hydrogen-bond acceptors (Lipinski definition) is 3. The Bertz CT molecular complexity index is 720. The quantitative estimate of drug-likeness (QED) is 0.733. The van der Waals surface area contributed by atoms with Gasteiger partial charge in [-0.05, 0) is 31.4 Å². The number of nitrogens with zero attached hydrogens (tertiary/aromatic N) is 2. The van der Waals surface area contributed by atoms with Crippen LogP contribution in [0.3, 0.4) is 0 Å². The van der Waals surface area contributed by atoms with Crippen molar-refractivity contribution < 1.29 is 0 Å². The van der Waals surface area contributed by atoms with Crippen molar-refractivity contribution in [3.8, 4) is 22.6 Å². The average Bonchev–Trinajstić information content (AvgIpc) is 2.90. The van der Waals surface area contributed by atoms with Crippen molar-refractivity contribution in [1.82, 2.24) is 15.0 Å². The lowest BCUT2D eigenvalue weighted by molar-refractivity contribution is 1.23. The monoisotopic (exact) mass is 281 g/mol. The number of aromatic amines is 1. The molecular formula is C16H15N3S. The fourth-order valence-corrected chi connectivity index (χ4v) is 2.81. The first-order valence-corrected chi connectivity index (χ1v) is 7.62. The summed E-state index contributed by atoms with van der Waals surface area (Å²) in [5.41, 5.74) is 4.19. The Morgan fingerprint density at radius 3 is 2.70 bits per heavy atom. The van der Waals surface area contributed by atoms with E-state index < -0.39 is 0 Å². The van der Waals surface area contributed by atoms with Crippen molar-refractivity contribution in [2.24, 2.45) is 0 Å². The van der Waals surface area contributed by atoms with E-state index in [9.17, 15) is 0 Å². The smallest absolute Gasteiger partial charge is 0.139 e. The Kier molecular flexibility index (Phi) is 3.56. The van der Waals surface area contributed by atoms with Crippen LogP contribution in [0.15, 0.2) is 53.7 Å². The molecule has 2 aromatic heterocycles. The molecule has 2 heterocycles. The second-order valence-electron chi connectivity index (χ2n) is 4.50. The molecule has 0 fully saturated rings. The number of imidazole rings is 1. The molecule has 0 radical (unpaired) electrons. The number of rotatable bonds is 3. The number of thioether (sulfide) groups is 1. The maximum absolute atomic E-state index is 4.75. The lowest BCUT2D eigenvalue weighted by Crippen LogP contribution is -1.84. The molecule has 0 saturated carbocycles. The molecular weight excluding hydrogens is 266 g/mol. The molecule has 3 aromatic rings. The molecule has 1 aromatic carbocycles. The molecule has 100 valence electrons. The summed E-state index contributed by atoms with van der Waals surface area (Å²) in [6.07, 6.45) is 5.69. The number of nitrogens with one attached hydrogen (secondary N) is 1. The molecule has 0 amide bonds. The number of hydrogen-bond donors (Lipinski definition) is 1. The molecule has 20 heavy (non-hydrogen) atoms. The van der Waals surface area contributed by atoms with Crippen LogP contribution in [-0.4, -0.2) is 21.2 Å². The highest BCUT2D eigenvalue weighted by Crippen LogP contribution is 2.30. The molecule has 0 saturated heterocycles. The van der Waals surface area contributed by atoms with Crippen molar-refractivity contribution in [3.63, 3.8) is 0 Å². The van der Waals surface area contributed by atoms with Crippen LogP contribution in [-0.2, 0) is 0 Å². The van der Waals surface area contributed by atoms with Crippen LogP contribution in [0.4, 0.5) is 0 Å². The highest BCUT2D eigenvalue weighted by molar-refractivity contribution is 7.98. The fourth-order valence-electron chi connectivity index (χ4n) is 2.21. The topological polar surface area (TPSA) is 41.6 Å². The summed E-state index contributed by atoms with van der Waals surface area (Å²) >= 11 is 1.73. The zero-order valence-corrected chi connectivity index (χ0v) is 12.2. The molecule has 3 nitrogen and oxygen atoms in total. The first-order chi connectivity index (χ1) is 9.79. The van der Waals surface area contributed by atoms with Gasteiger partial charge in [0.25, 0.3) is 0 Å². The molecule has 0 bridgehead atoms. The first kappa shape index (κ1) is 12.9. The van der Waals surface area contributed by atoms with E-state index in [-0.39, 0.29) is 0 Å². The van der Waals surface area contributed by atoms with Gasteiger partial charge in [0.1, 0.15) is 5.82 Å². The van der Waals surface area contributed by atoms with E-state index in [2.05, 4.69) is 28.4 Å². The molecule has 0 aliphatic carbocycles. The van der Waals surface area contributed by atoms with Gasteiger partial charge in [0.05, 0.1) is 5.69 Å². The van der Waals surface area contributed by atoms with Gasteiger partial charge >= 0.3 is 0 Å². The van der Waals surface area contributed by atoms with Crippen molar-refractivity contribution in [2.75, 3.05) is 6.26 Å². The van der Waals surface area contributed by atoms with Crippen LogP contribution in [0.1, 0.15) is 5.69 Å². The normalized spacial score (nSPS) is 10.7. The summed E-state index contributed by atoms with van der Waals surface area (Å²) in [5.74, 6) is 0.909. The number of H-pyrrole nitrogens is 1. The van der Waals surface area contributed by atoms with Gasteiger partial charge in [-0.3, -0.25) is 4.98 Å². The summed E-state index contributed by atoms with van der Waals surface area (Å²) in [4.78, 5) is 13.5. The predicted molar refractivity (Wildman–Crippen MR) is 83.8 cm³/mol. The number of aromatic nitrogens is 3. The summed E-state index contributed by atoms with van der Waals surface area (Å²) in [5, 5.41) is 0. The second kappa shape index (κ2) is 5.51. The van der Waals surface area contributed by atoms with E-state index in [1.165, 1.54) is 4.90 Å². The maximum atomic E-state index is 4.75. The zero-order chi connectivity index (χ0) is 13.9. The number of benzene rings is 1. The lowest BCUT2D eigenvalue weighted by Gasteiger charge is -2.03. The molecule has 0 aliphatic heterocycles. The Morgan fingerprint density at radius 2 is 1.95 bits per heavy atom. The van der Waals surface area contributed by atoms with Gasteiger partial charge in [-0.1, -0.05) is 18.2 Å². The third-order valence-electron chi connectivity index (χ3n) is 3.18. The van der Waals surface area contributed by atoms with Gasteiger partial charge < -0.3 is 4.98 Å². The van der Waals surface area contributed by atoms with Gasteiger partial charge in [-0.2, -0.15) is 0 Å². The van der Waals surface area contributed by atoms with Gasteiger partial charge in [0, 0.05) is 34.1 Å². The van der Waals surface area contributed by atoms with Crippen molar-refractivity contribution in [1.29, 1.82) is 0 Å². The molecule has 1 N–H and O–H groups in total. The number of aryl methyl sites for hydroxylation is 1. The van der Waals surface area contributed by atoms with Gasteiger partial charge in [-0.25, -0.2) is 4.98 Å². The van der Waals surface area contributed by atoms with E-state index in [1.54, 1.807) is 18.0 Å². The molecule has 0 atom stereocenters. The maximum Gasteiger partial charge on any atom is 0.139 e. The van der Waals surface area contributed by atoms with E-state index in [4.69, 9.17) is 4.98 Å². The van der Waals surface area contributed by atoms with Crippen molar-refractivity contribution in [2.45, 2.75) is 11.8 Å². The van der Waals surface area contributed by atoms with Gasteiger partial charge in [0.15, 0.2) is 0 Å². The Balaban J connectivity index is 2.09. The van der Waals surface area contributed by atoms with Crippen LogP contribution in [0.2, 0.25) is 0 Å². The van der Waals surface area contributed by atoms with Crippen LogP contribution in [0.25, 0.3) is 22.6 Å². The summed E-state index contributed by atoms with van der Waals surface area (Å²) in [7, 11) is 0. The average molecular weight is 281 g/mol. The predicted octanol–water partition coefficient (Wildman–Crippen LogP) is 4.17. The molecule has 4 heteroatoms. The van der Waals surface area contributed by atoms with Crippen molar-refractivity contribution in [3.05, 3.63) is 54.5 Å². The number of pyridine rings is 1. The minimum atomic E-state index is 0.909. The van der Waals surface area contributed by atoms with Crippen LogP contribution in [0, 0.1) is 6.92 Å². The minimum absolute atomic E-state index is 0.909. The Labute approximate surface area is 122 Å². The highest BCUT2D eigenvalue weighted by atomic mass is 32.2. The van der Waals surface area contributed by atoms with E-state index in [0.717, 1.165) is 28.3 Å². The van der Waals surface area contributed by atoms with Gasteiger partial charge in [0.2, 0.25) is 0 Å². The minimum Gasteiger partial charge on any atom is -0.342 e. The van der Waals surface area contributed by atoms with Crippen LogP contribution in [0.5, 0.6) is 0 Å². The first-order valence-electron chi connectivity index (χ1n) is 6.40. The van der Waals surface area contributed by atoms with Gasteiger partial charge in [-0.15, -0.1) is 11.8 Å². The van der Waals surface area contributed by atoms with E-state index in [0.29, 0.717) is 0 Å². The summed E-state index contributed by atoms with van der Waals surface area (Å²) in [6, 6.07) is 12.3. The second-order valence-corrected chi connectivity index (χ2v) is 5.35. The van der Waals surface area contributed by atoms with Crippen LogP contribution >= 0.6 is 11.8 Å². The SMILES string of the molecule is CSc1ccccc1-c1nc(-c2cccnc2)c(C)[nH]1. The van der Waals surface area contributed by atoms with E-state index in [1.807, 2.05) is 37.4 Å².